The van der Waals surface area contributed by atoms with Gasteiger partial charge < -0.3 is 19.9 Å². The van der Waals surface area contributed by atoms with Gasteiger partial charge in [-0.25, -0.2) is 4.79 Å². The molecule has 128 valence electrons. The second-order valence-corrected chi connectivity index (χ2v) is 7.58. The van der Waals surface area contributed by atoms with Gasteiger partial charge in [0.05, 0.1) is 5.54 Å². The molecule has 0 unspecified atom stereocenters. The summed E-state index contributed by atoms with van der Waals surface area (Å²) in [5, 5.41) is 9.29. The highest BCUT2D eigenvalue weighted by Crippen LogP contribution is 2.40. The molecular formula is C16H25N3O4. The van der Waals surface area contributed by atoms with Crippen LogP contribution in [-0.2, 0) is 4.74 Å². The highest BCUT2D eigenvalue weighted by Gasteiger charge is 2.30. The van der Waals surface area contributed by atoms with E-state index >= 15 is 0 Å². The molecule has 2 amide bonds. The predicted octanol–water partition coefficient (Wildman–Crippen LogP) is 2.59. The molecule has 0 aliphatic heterocycles. The van der Waals surface area contributed by atoms with E-state index in [0.29, 0.717) is 5.92 Å². The molecule has 0 bridgehead atoms. The minimum atomic E-state index is -0.646. The van der Waals surface area contributed by atoms with Gasteiger partial charge in [-0.2, -0.15) is 0 Å². The number of carbonyl (C=O) groups is 2. The molecule has 0 spiro atoms. The van der Waals surface area contributed by atoms with Crippen LogP contribution in [0.25, 0.3) is 0 Å². The van der Waals surface area contributed by atoms with Gasteiger partial charge in [-0.15, -0.1) is 0 Å². The fourth-order valence-electron chi connectivity index (χ4n) is 1.98. The topological polar surface area (TPSA) is 93.5 Å². The molecule has 0 atom stereocenters. The zero-order valence-corrected chi connectivity index (χ0v) is 14.4. The molecule has 0 radical (unpaired) electrons. The lowest BCUT2D eigenvalue weighted by Crippen LogP contribution is -2.52. The van der Waals surface area contributed by atoms with Gasteiger partial charge in [0.15, 0.2) is 5.69 Å². The lowest BCUT2D eigenvalue weighted by molar-refractivity contribution is 0.0509. The van der Waals surface area contributed by atoms with E-state index in [1.807, 2.05) is 13.8 Å². The van der Waals surface area contributed by atoms with Crippen molar-refractivity contribution >= 4 is 12.0 Å². The van der Waals surface area contributed by atoms with E-state index in [1.54, 1.807) is 26.8 Å². The third kappa shape index (κ3) is 5.58. The van der Waals surface area contributed by atoms with Crippen LogP contribution in [0.4, 0.5) is 4.79 Å². The first-order valence-electron chi connectivity index (χ1n) is 7.82. The number of ether oxygens (including phenoxy) is 1. The number of rotatable bonds is 5. The van der Waals surface area contributed by atoms with E-state index < -0.39 is 17.2 Å². The van der Waals surface area contributed by atoms with Crippen molar-refractivity contribution < 1.29 is 18.8 Å². The summed E-state index contributed by atoms with van der Waals surface area (Å²) in [6, 6.07) is 1.68. The van der Waals surface area contributed by atoms with E-state index in [9.17, 15) is 9.59 Å². The van der Waals surface area contributed by atoms with Crippen molar-refractivity contribution in [2.45, 2.75) is 64.5 Å². The van der Waals surface area contributed by atoms with E-state index in [-0.39, 0.29) is 18.1 Å². The molecule has 0 saturated heterocycles. The quantitative estimate of drug-likeness (QED) is 0.868. The number of hydrogen-bond donors (Lipinski definition) is 2. The number of hydrogen-bond acceptors (Lipinski definition) is 5. The highest BCUT2D eigenvalue weighted by molar-refractivity contribution is 5.92. The number of alkyl carbamates (subject to hydrolysis) is 1. The maximum Gasteiger partial charge on any atom is 0.407 e. The van der Waals surface area contributed by atoms with Gasteiger partial charge in [0.25, 0.3) is 5.91 Å². The summed E-state index contributed by atoms with van der Waals surface area (Å²) in [7, 11) is 0. The summed E-state index contributed by atoms with van der Waals surface area (Å²) < 4.78 is 10.3. The standard InChI is InChI=1S/C16H25N3O4/c1-15(2,3)22-14(21)17-9-16(4,5)18-13(20)11-8-12(23-19-11)10-6-7-10/h8,10H,6-7,9H2,1-5H3,(H,17,21)(H,18,20). The molecule has 1 saturated carbocycles. The Morgan fingerprint density at radius 1 is 1.30 bits per heavy atom. The third-order valence-electron chi connectivity index (χ3n) is 3.27. The van der Waals surface area contributed by atoms with Crippen LogP contribution in [-0.4, -0.2) is 34.8 Å². The summed E-state index contributed by atoms with van der Waals surface area (Å²) in [4.78, 5) is 23.9. The molecule has 1 fully saturated rings. The Morgan fingerprint density at radius 3 is 2.52 bits per heavy atom. The van der Waals surface area contributed by atoms with Gasteiger partial charge in [-0.05, 0) is 47.5 Å². The fourth-order valence-corrected chi connectivity index (χ4v) is 1.98. The maximum atomic E-state index is 12.2. The molecule has 7 heteroatoms. The Balaban J connectivity index is 1.84. The lowest BCUT2D eigenvalue weighted by Gasteiger charge is -2.27. The molecule has 1 aromatic heterocycles. The van der Waals surface area contributed by atoms with Crippen molar-refractivity contribution in [3.8, 4) is 0 Å². The van der Waals surface area contributed by atoms with E-state index in [2.05, 4.69) is 15.8 Å². The molecule has 1 heterocycles. The molecular weight excluding hydrogens is 298 g/mol. The Bertz CT molecular complexity index is 582. The van der Waals surface area contributed by atoms with Crippen LogP contribution >= 0.6 is 0 Å². The minimum absolute atomic E-state index is 0.237. The number of amides is 2. The Hall–Kier alpha value is -2.05. The molecule has 23 heavy (non-hydrogen) atoms. The summed E-state index contributed by atoms with van der Waals surface area (Å²) in [5.74, 6) is 0.849. The zero-order valence-electron chi connectivity index (χ0n) is 14.4. The van der Waals surface area contributed by atoms with Crippen LogP contribution in [0, 0.1) is 0 Å². The SMILES string of the molecule is CC(C)(CNC(=O)OC(C)(C)C)NC(=O)c1cc(C2CC2)on1. The highest BCUT2D eigenvalue weighted by atomic mass is 16.6. The smallest absolute Gasteiger partial charge is 0.407 e. The van der Waals surface area contributed by atoms with Crippen LogP contribution in [0.2, 0.25) is 0 Å². The van der Waals surface area contributed by atoms with Crippen LogP contribution in [0.15, 0.2) is 10.6 Å². The average Bonchev–Trinajstić information content (AvgIpc) is 3.12. The van der Waals surface area contributed by atoms with Gasteiger partial charge >= 0.3 is 6.09 Å². The van der Waals surface area contributed by atoms with Crippen molar-refractivity contribution in [1.82, 2.24) is 15.8 Å². The van der Waals surface area contributed by atoms with Crippen molar-refractivity contribution in [2.75, 3.05) is 6.54 Å². The molecule has 7 nitrogen and oxygen atoms in total. The number of nitrogens with zero attached hydrogens (tertiary/aromatic N) is 1. The summed E-state index contributed by atoms with van der Waals surface area (Å²) in [6.45, 7) is 9.24. The average molecular weight is 323 g/mol. The van der Waals surface area contributed by atoms with Crippen molar-refractivity contribution in [3.05, 3.63) is 17.5 Å². The first kappa shape index (κ1) is 17.3. The Labute approximate surface area is 136 Å². The second-order valence-electron chi connectivity index (χ2n) is 7.58. The lowest BCUT2D eigenvalue weighted by atomic mass is 10.1. The first-order chi connectivity index (χ1) is 10.6. The van der Waals surface area contributed by atoms with Gasteiger partial charge in [-0.3, -0.25) is 4.79 Å². The van der Waals surface area contributed by atoms with Crippen molar-refractivity contribution in [1.29, 1.82) is 0 Å². The zero-order chi connectivity index (χ0) is 17.3. The van der Waals surface area contributed by atoms with Crippen LogP contribution in [0.3, 0.4) is 0 Å². The van der Waals surface area contributed by atoms with Crippen LogP contribution in [0.5, 0.6) is 0 Å². The number of aromatic nitrogens is 1. The normalized spacial score (nSPS) is 15.2. The van der Waals surface area contributed by atoms with Gasteiger partial charge in [0.2, 0.25) is 0 Å². The first-order valence-corrected chi connectivity index (χ1v) is 7.82. The van der Waals surface area contributed by atoms with Gasteiger partial charge in [0.1, 0.15) is 11.4 Å². The van der Waals surface area contributed by atoms with E-state index in [1.165, 1.54) is 0 Å². The molecule has 0 aromatic carbocycles. The van der Waals surface area contributed by atoms with Crippen molar-refractivity contribution in [3.63, 3.8) is 0 Å². The molecule has 2 rings (SSSR count). The van der Waals surface area contributed by atoms with Gasteiger partial charge in [0, 0.05) is 18.5 Å². The maximum absolute atomic E-state index is 12.2. The monoisotopic (exact) mass is 323 g/mol. The summed E-state index contributed by atoms with van der Waals surface area (Å²) in [5.41, 5.74) is -0.943. The molecule has 1 aliphatic rings. The van der Waals surface area contributed by atoms with Crippen LogP contribution < -0.4 is 10.6 Å². The molecule has 1 aromatic rings. The van der Waals surface area contributed by atoms with Gasteiger partial charge in [-0.1, -0.05) is 5.16 Å². The molecule has 1 aliphatic carbocycles. The largest absolute Gasteiger partial charge is 0.444 e. The number of carbonyl (C=O) groups excluding carboxylic acids is 2. The minimum Gasteiger partial charge on any atom is -0.444 e. The summed E-state index contributed by atoms with van der Waals surface area (Å²) in [6.07, 6.45) is 1.65. The van der Waals surface area contributed by atoms with E-state index in [0.717, 1.165) is 18.6 Å². The second kappa shape index (κ2) is 6.22. The molecule has 2 N–H and O–H groups in total. The van der Waals surface area contributed by atoms with Crippen LogP contribution in [0.1, 0.15) is 69.6 Å². The Morgan fingerprint density at radius 2 is 1.96 bits per heavy atom. The third-order valence-corrected chi connectivity index (χ3v) is 3.27. The predicted molar refractivity (Wildman–Crippen MR) is 84.3 cm³/mol. The Kier molecular flexibility index (Phi) is 4.68. The van der Waals surface area contributed by atoms with Crippen molar-refractivity contribution in [2.24, 2.45) is 0 Å². The fraction of sp³-hybridized carbons (Fsp3) is 0.688. The van der Waals surface area contributed by atoms with E-state index in [4.69, 9.17) is 9.26 Å². The number of nitrogens with one attached hydrogen (secondary N) is 2. The summed E-state index contributed by atoms with van der Waals surface area (Å²) >= 11 is 0.